The molecule has 0 saturated carbocycles. The lowest BCUT2D eigenvalue weighted by Crippen LogP contribution is -2.18. The molecule has 0 radical (unpaired) electrons. The first-order valence-electron chi connectivity index (χ1n) is 6.76. The first kappa shape index (κ1) is 15.5. The monoisotopic (exact) mass is 293 g/mol. The second kappa shape index (κ2) is 7.75. The zero-order valence-electron chi connectivity index (χ0n) is 12.3. The number of rotatable bonds is 8. The molecule has 6 heteroatoms. The van der Waals surface area contributed by atoms with Crippen LogP contribution in [0.2, 0.25) is 0 Å². The number of methoxy groups -OCH3 is 1. The predicted octanol–water partition coefficient (Wildman–Crippen LogP) is 1.87. The van der Waals surface area contributed by atoms with Crippen molar-refractivity contribution in [3.05, 3.63) is 47.8 Å². The third-order valence-electron chi connectivity index (χ3n) is 3.05. The van der Waals surface area contributed by atoms with Gasteiger partial charge in [0.25, 0.3) is 0 Å². The van der Waals surface area contributed by atoms with Gasteiger partial charge in [0.15, 0.2) is 0 Å². The molecule has 0 saturated heterocycles. The molecule has 114 valence electrons. The van der Waals surface area contributed by atoms with Crippen LogP contribution in [0, 0.1) is 5.82 Å². The molecule has 0 aliphatic carbocycles. The first-order valence-corrected chi connectivity index (χ1v) is 6.76. The third kappa shape index (κ3) is 4.84. The van der Waals surface area contributed by atoms with Crippen LogP contribution in [0.15, 0.2) is 30.7 Å². The van der Waals surface area contributed by atoms with Gasteiger partial charge in [0.1, 0.15) is 18.2 Å². The molecule has 2 rings (SSSR count). The van der Waals surface area contributed by atoms with Crippen LogP contribution in [0.3, 0.4) is 0 Å². The van der Waals surface area contributed by atoms with Gasteiger partial charge in [-0.3, -0.25) is 0 Å². The Hall–Kier alpha value is -1.92. The molecule has 0 bridgehead atoms. The average molecular weight is 293 g/mol. The van der Waals surface area contributed by atoms with E-state index in [0.29, 0.717) is 25.5 Å². The van der Waals surface area contributed by atoms with Gasteiger partial charge in [-0.2, -0.15) is 0 Å². The number of nitrogens with zero attached hydrogens (tertiary/aromatic N) is 2. The number of hydrogen-bond acceptors (Lipinski definition) is 4. The van der Waals surface area contributed by atoms with E-state index in [1.54, 1.807) is 19.6 Å². The highest BCUT2D eigenvalue weighted by Crippen LogP contribution is 2.17. The fourth-order valence-corrected chi connectivity index (χ4v) is 1.89. The van der Waals surface area contributed by atoms with Crippen molar-refractivity contribution in [3.8, 4) is 5.75 Å². The summed E-state index contributed by atoms with van der Waals surface area (Å²) >= 11 is 0. The van der Waals surface area contributed by atoms with Crippen molar-refractivity contribution in [1.29, 1.82) is 0 Å². The molecule has 1 heterocycles. The quantitative estimate of drug-likeness (QED) is 0.755. The van der Waals surface area contributed by atoms with Crippen LogP contribution in [-0.4, -0.2) is 29.8 Å². The fraction of sp³-hybridized carbons (Fsp3) is 0.400. The SMILES string of the molecule is COCCNCc1cc(F)cc(OCc2cncn2C)c1. The van der Waals surface area contributed by atoms with E-state index in [9.17, 15) is 4.39 Å². The number of halogens is 1. The van der Waals surface area contributed by atoms with Crippen molar-refractivity contribution < 1.29 is 13.9 Å². The Morgan fingerprint density at radius 1 is 1.33 bits per heavy atom. The maximum Gasteiger partial charge on any atom is 0.130 e. The molecular formula is C15H20FN3O2. The number of imidazole rings is 1. The summed E-state index contributed by atoms with van der Waals surface area (Å²) in [4.78, 5) is 4.01. The largest absolute Gasteiger partial charge is 0.487 e. The summed E-state index contributed by atoms with van der Waals surface area (Å²) in [6.07, 6.45) is 3.43. The zero-order valence-corrected chi connectivity index (χ0v) is 12.3. The van der Waals surface area contributed by atoms with Gasteiger partial charge in [0.05, 0.1) is 24.8 Å². The van der Waals surface area contributed by atoms with Crippen molar-refractivity contribution in [2.45, 2.75) is 13.2 Å². The number of hydrogen-bond donors (Lipinski definition) is 1. The number of aromatic nitrogens is 2. The molecule has 1 N–H and O–H groups in total. The smallest absolute Gasteiger partial charge is 0.130 e. The van der Waals surface area contributed by atoms with Crippen LogP contribution in [0.5, 0.6) is 5.75 Å². The number of nitrogens with one attached hydrogen (secondary N) is 1. The molecule has 0 unspecified atom stereocenters. The summed E-state index contributed by atoms with van der Waals surface area (Å²) in [6, 6.07) is 4.71. The third-order valence-corrected chi connectivity index (χ3v) is 3.05. The Bertz CT molecular complexity index is 572. The number of benzene rings is 1. The molecule has 0 spiro atoms. The maximum absolute atomic E-state index is 13.6. The number of ether oxygens (including phenoxy) is 2. The van der Waals surface area contributed by atoms with Crippen molar-refractivity contribution in [1.82, 2.24) is 14.9 Å². The van der Waals surface area contributed by atoms with Crippen molar-refractivity contribution in [2.75, 3.05) is 20.3 Å². The fourth-order valence-electron chi connectivity index (χ4n) is 1.89. The summed E-state index contributed by atoms with van der Waals surface area (Å²) in [5.74, 6) is 0.209. The molecule has 1 aromatic heterocycles. The van der Waals surface area contributed by atoms with E-state index >= 15 is 0 Å². The number of aryl methyl sites for hydroxylation is 1. The first-order chi connectivity index (χ1) is 10.2. The van der Waals surface area contributed by atoms with Crippen LogP contribution in [0.4, 0.5) is 4.39 Å². The summed E-state index contributed by atoms with van der Waals surface area (Å²) < 4.78 is 26.0. The Kier molecular flexibility index (Phi) is 5.71. The Morgan fingerprint density at radius 2 is 2.19 bits per heavy atom. The van der Waals surface area contributed by atoms with Crippen LogP contribution in [0.1, 0.15) is 11.3 Å². The van der Waals surface area contributed by atoms with E-state index in [1.807, 2.05) is 17.7 Å². The van der Waals surface area contributed by atoms with Gasteiger partial charge in [-0.15, -0.1) is 0 Å². The molecular weight excluding hydrogens is 273 g/mol. The van der Waals surface area contributed by atoms with Crippen LogP contribution >= 0.6 is 0 Å². The van der Waals surface area contributed by atoms with E-state index in [0.717, 1.165) is 17.8 Å². The molecule has 21 heavy (non-hydrogen) atoms. The van der Waals surface area contributed by atoms with Crippen molar-refractivity contribution in [2.24, 2.45) is 7.05 Å². The second-order valence-corrected chi connectivity index (χ2v) is 4.75. The van der Waals surface area contributed by atoms with Gasteiger partial charge in [-0.05, 0) is 17.7 Å². The molecule has 0 aliphatic rings. The molecule has 0 aliphatic heterocycles. The lowest BCUT2D eigenvalue weighted by Gasteiger charge is -2.10. The highest BCUT2D eigenvalue weighted by molar-refractivity contribution is 5.29. The summed E-state index contributed by atoms with van der Waals surface area (Å²) in [7, 11) is 3.54. The lowest BCUT2D eigenvalue weighted by molar-refractivity contribution is 0.199. The summed E-state index contributed by atoms with van der Waals surface area (Å²) in [6.45, 7) is 2.27. The Morgan fingerprint density at radius 3 is 2.90 bits per heavy atom. The predicted molar refractivity (Wildman–Crippen MR) is 77.5 cm³/mol. The van der Waals surface area contributed by atoms with Crippen LogP contribution < -0.4 is 10.1 Å². The van der Waals surface area contributed by atoms with E-state index in [4.69, 9.17) is 9.47 Å². The highest BCUT2D eigenvalue weighted by atomic mass is 19.1. The van der Waals surface area contributed by atoms with Crippen molar-refractivity contribution in [3.63, 3.8) is 0 Å². The van der Waals surface area contributed by atoms with Gasteiger partial charge >= 0.3 is 0 Å². The minimum Gasteiger partial charge on any atom is -0.487 e. The highest BCUT2D eigenvalue weighted by Gasteiger charge is 2.04. The standard InChI is InChI=1S/C15H20FN3O2/c1-19-11-18-9-14(19)10-21-15-6-12(5-13(16)7-15)8-17-3-4-20-2/h5-7,9,11,17H,3-4,8,10H2,1-2H3. The minimum absolute atomic E-state index is 0.305. The van der Waals surface area contributed by atoms with Gasteiger partial charge in [-0.1, -0.05) is 0 Å². The maximum atomic E-state index is 13.6. The molecule has 0 atom stereocenters. The van der Waals surface area contributed by atoms with Crippen LogP contribution in [-0.2, 0) is 24.9 Å². The topological polar surface area (TPSA) is 48.3 Å². The van der Waals surface area contributed by atoms with Gasteiger partial charge < -0.3 is 19.4 Å². The average Bonchev–Trinajstić information content (AvgIpc) is 2.86. The van der Waals surface area contributed by atoms with E-state index < -0.39 is 0 Å². The molecule has 0 amide bonds. The van der Waals surface area contributed by atoms with E-state index in [-0.39, 0.29) is 5.82 Å². The van der Waals surface area contributed by atoms with Gasteiger partial charge in [0.2, 0.25) is 0 Å². The molecule has 5 nitrogen and oxygen atoms in total. The molecule has 2 aromatic rings. The van der Waals surface area contributed by atoms with Crippen LogP contribution in [0.25, 0.3) is 0 Å². The van der Waals surface area contributed by atoms with Gasteiger partial charge in [-0.25, -0.2) is 9.37 Å². The zero-order chi connectivity index (χ0) is 15.1. The summed E-state index contributed by atoms with van der Waals surface area (Å²) in [5, 5.41) is 3.17. The van der Waals surface area contributed by atoms with E-state index in [1.165, 1.54) is 12.1 Å². The molecule has 1 aromatic carbocycles. The van der Waals surface area contributed by atoms with Gasteiger partial charge in [0, 0.05) is 33.3 Å². The second-order valence-electron chi connectivity index (χ2n) is 4.75. The minimum atomic E-state index is -0.305. The lowest BCUT2D eigenvalue weighted by atomic mass is 10.2. The normalized spacial score (nSPS) is 10.8. The summed E-state index contributed by atoms with van der Waals surface area (Å²) in [5.41, 5.74) is 1.77. The van der Waals surface area contributed by atoms with E-state index in [2.05, 4.69) is 10.3 Å². The Labute approximate surface area is 123 Å². The van der Waals surface area contributed by atoms with Crippen molar-refractivity contribution >= 4 is 0 Å². The molecule has 0 fully saturated rings. The Balaban J connectivity index is 1.93.